The Morgan fingerprint density at radius 1 is 1.71 bits per heavy atom. The summed E-state index contributed by atoms with van der Waals surface area (Å²) >= 11 is 6.01. The first-order valence-corrected chi connectivity index (χ1v) is 4.92. The molecule has 1 atom stereocenters. The van der Waals surface area contributed by atoms with Crippen LogP contribution in [0.2, 0.25) is 0 Å². The number of nitrogens with one attached hydrogen (secondary N) is 1. The molecule has 0 aromatic carbocycles. The fourth-order valence-electron chi connectivity index (χ4n) is 1.25. The van der Waals surface area contributed by atoms with Gasteiger partial charge in [-0.3, -0.25) is 4.79 Å². The summed E-state index contributed by atoms with van der Waals surface area (Å²) < 4.78 is 4.87. The van der Waals surface area contributed by atoms with Gasteiger partial charge in [-0.2, -0.15) is 0 Å². The van der Waals surface area contributed by atoms with Crippen LogP contribution in [-0.4, -0.2) is 18.1 Å². The van der Waals surface area contributed by atoms with E-state index in [9.17, 15) is 4.79 Å². The zero-order valence-corrected chi connectivity index (χ0v) is 9.10. The molecule has 1 aliphatic rings. The molecule has 14 heavy (non-hydrogen) atoms. The molecule has 1 N–H and O–H groups in total. The van der Waals surface area contributed by atoms with Crippen molar-refractivity contribution >= 4 is 17.6 Å². The molecule has 78 valence electrons. The maximum absolute atomic E-state index is 11.3. The molecule has 0 aliphatic carbocycles. The third-order valence-corrected chi connectivity index (χ3v) is 2.61. The maximum atomic E-state index is 11.3. The second-order valence-electron chi connectivity index (χ2n) is 3.33. The largest absolute Gasteiger partial charge is 0.466 e. The molecule has 0 aromatic heterocycles. The van der Waals surface area contributed by atoms with Crippen molar-refractivity contribution in [3.63, 3.8) is 0 Å². The third-order valence-electron chi connectivity index (χ3n) is 2.07. The molecule has 1 heterocycles. The first-order valence-electron chi connectivity index (χ1n) is 4.54. The van der Waals surface area contributed by atoms with Crippen LogP contribution in [0.15, 0.2) is 23.4 Å². The molecule has 1 rings (SSSR count). The van der Waals surface area contributed by atoms with Gasteiger partial charge in [-0.05, 0) is 32.2 Å². The summed E-state index contributed by atoms with van der Waals surface area (Å²) in [5.41, 5.74) is -0.525. The zero-order valence-electron chi connectivity index (χ0n) is 8.34. The minimum absolute atomic E-state index is 0.237. The topological polar surface area (TPSA) is 38.3 Å². The molecule has 0 bridgehead atoms. The normalized spacial score (nSPS) is 25.2. The summed E-state index contributed by atoms with van der Waals surface area (Å²) in [5, 5.41) is 3.67. The molecule has 0 saturated heterocycles. The average molecular weight is 216 g/mol. The molecule has 0 aromatic rings. The van der Waals surface area contributed by atoms with E-state index in [0.717, 1.165) is 0 Å². The lowest BCUT2D eigenvalue weighted by atomic mass is 9.95. The quantitative estimate of drug-likeness (QED) is 0.732. The van der Waals surface area contributed by atoms with E-state index < -0.39 is 5.54 Å². The Morgan fingerprint density at radius 3 is 3.00 bits per heavy atom. The minimum atomic E-state index is -0.525. The van der Waals surface area contributed by atoms with Crippen LogP contribution in [0.3, 0.4) is 0 Å². The highest BCUT2D eigenvalue weighted by Gasteiger charge is 2.31. The number of halogens is 1. The lowest BCUT2D eigenvalue weighted by molar-refractivity contribution is -0.144. The van der Waals surface area contributed by atoms with Gasteiger partial charge in [0, 0.05) is 5.03 Å². The van der Waals surface area contributed by atoms with Crippen LogP contribution < -0.4 is 5.32 Å². The van der Waals surface area contributed by atoms with Gasteiger partial charge < -0.3 is 10.1 Å². The van der Waals surface area contributed by atoms with Crippen LogP contribution in [0.5, 0.6) is 0 Å². The van der Waals surface area contributed by atoms with Gasteiger partial charge in [0.2, 0.25) is 0 Å². The van der Waals surface area contributed by atoms with Crippen LogP contribution in [-0.2, 0) is 9.53 Å². The molecule has 0 spiro atoms. The van der Waals surface area contributed by atoms with Crippen molar-refractivity contribution in [3.8, 4) is 0 Å². The van der Waals surface area contributed by atoms with Gasteiger partial charge in [-0.1, -0.05) is 11.6 Å². The Bertz CT molecular complexity index is 286. The molecule has 0 amide bonds. The third kappa shape index (κ3) is 2.51. The first-order chi connectivity index (χ1) is 6.58. The molecule has 4 heteroatoms. The molecular formula is C10H14ClNO2. The number of rotatable bonds is 3. The number of carbonyl (C=O) groups excluding carboxylic acids is 1. The van der Waals surface area contributed by atoms with Crippen molar-refractivity contribution in [3.05, 3.63) is 23.4 Å². The van der Waals surface area contributed by atoms with Gasteiger partial charge in [0.15, 0.2) is 0 Å². The highest BCUT2D eigenvalue weighted by Crippen LogP contribution is 2.27. The summed E-state index contributed by atoms with van der Waals surface area (Å²) in [6.07, 6.45) is 5.58. The van der Waals surface area contributed by atoms with E-state index in [0.29, 0.717) is 11.6 Å². The molecule has 1 unspecified atom stereocenters. The highest BCUT2D eigenvalue weighted by atomic mass is 35.5. The molecular weight excluding hydrogens is 202 g/mol. The van der Waals surface area contributed by atoms with E-state index in [2.05, 4.69) is 5.32 Å². The van der Waals surface area contributed by atoms with E-state index in [1.54, 1.807) is 25.3 Å². The number of hydrogen-bond donors (Lipinski definition) is 1. The lowest BCUT2D eigenvalue weighted by Gasteiger charge is -2.30. The number of carbonyl (C=O) groups is 1. The Balaban J connectivity index is 2.62. The zero-order chi connectivity index (χ0) is 10.6. The number of ether oxygens (including phenoxy) is 1. The van der Waals surface area contributed by atoms with Crippen LogP contribution >= 0.6 is 11.6 Å². The van der Waals surface area contributed by atoms with E-state index in [1.807, 2.05) is 6.92 Å². The van der Waals surface area contributed by atoms with Crippen LogP contribution in [0.4, 0.5) is 0 Å². The minimum Gasteiger partial charge on any atom is -0.466 e. The first kappa shape index (κ1) is 11.1. The molecule has 0 fully saturated rings. The number of allylic oxidation sites excluding steroid dienone is 2. The fourth-order valence-corrected chi connectivity index (χ4v) is 1.45. The van der Waals surface area contributed by atoms with Crippen LogP contribution in [0.25, 0.3) is 0 Å². The highest BCUT2D eigenvalue weighted by molar-refractivity contribution is 6.31. The SMILES string of the molecule is CCOC(=O)CC1(C)NC=CC=C1Cl. The summed E-state index contributed by atoms with van der Waals surface area (Å²) in [6, 6.07) is 0. The Labute approximate surface area is 88.8 Å². The van der Waals surface area contributed by atoms with E-state index in [-0.39, 0.29) is 12.4 Å². The van der Waals surface area contributed by atoms with Gasteiger partial charge in [-0.15, -0.1) is 0 Å². The molecule has 0 saturated carbocycles. The summed E-state index contributed by atoms with van der Waals surface area (Å²) in [7, 11) is 0. The van der Waals surface area contributed by atoms with Gasteiger partial charge in [0.1, 0.15) is 0 Å². The van der Waals surface area contributed by atoms with E-state index >= 15 is 0 Å². The number of dihydropyridines is 1. The Hall–Kier alpha value is -0.960. The predicted octanol–water partition coefficient (Wildman–Crippen LogP) is 1.94. The number of hydrogen-bond acceptors (Lipinski definition) is 3. The van der Waals surface area contributed by atoms with Crippen molar-refractivity contribution < 1.29 is 9.53 Å². The molecule has 3 nitrogen and oxygen atoms in total. The monoisotopic (exact) mass is 215 g/mol. The van der Waals surface area contributed by atoms with Crippen molar-refractivity contribution in [2.24, 2.45) is 0 Å². The predicted molar refractivity (Wildman–Crippen MR) is 55.9 cm³/mol. The lowest BCUT2D eigenvalue weighted by Crippen LogP contribution is -2.43. The van der Waals surface area contributed by atoms with Gasteiger partial charge >= 0.3 is 5.97 Å². The van der Waals surface area contributed by atoms with Gasteiger partial charge in [0.25, 0.3) is 0 Å². The number of esters is 1. The second kappa shape index (κ2) is 4.51. The van der Waals surface area contributed by atoms with Crippen LogP contribution in [0.1, 0.15) is 20.3 Å². The molecule has 0 radical (unpaired) electrons. The second-order valence-corrected chi connectivity index (χ2v) is 3.74. The summed E-state index contributed by atoms with van der Waals surface area (Å²) in [4.78, 5) is 11.3. The van der Waals surface area contributed by atoms with Crippen molar-refractivity contribution in [2.45, 2.75) is 25.8 Å². The van der Waals surface area contributed by atoms with Gasteiger partial charge in [-0.25, -0.2) is 0 Å². The molecule has 1 aliphatic heterocycles. The van der Waals surface area contributed by atoms with Crippen molar-refractivity contribution in [2.75, 3.05) is 6.61 Å². The summed E-state index contributed by atoms with van der Waals surface area (Å²) in [5.74, 6) is -0.246. The smallest absolute Gasteiger partial charge is 0.308 e. The standard InChI is InChI=1S/C10H14ClNO2/c1-3-14-9(13)7-10(2)8(11)5-4-6-12-10/h4-6,12H,3,7H2,1-2H3. The van der Waals surface area contributed by atoms with Gasteiger partial charge in [0.05, 0.1) is 18.6 Å². The van der Waals surface area contributed by atoms with Crippen molar-refractivity contribution in [1.82, 2.24) is 5.32 Å². The average Bonchev–Trinajstić information content (AvgIpc) is 2.10. The Kier molecular flexibility index (Phi) is 3.58. The van der Waals surface area contributed by atoms with Crippen molar-refractivity contribution in [1.29, 1.82) is 0 Å². The Morgan fingerprint density at radius 2 is 2.43 bits per heavy atom. The fraction of sp³-hybridized carbons (Fsp3) is 0.500. The summed E-state index contributed by atoms with van der Waals surface area (Å²) in [6.45, 7) is 4.05. The maximum Gasteiger partial charge on any atom is 0.308 e. The van der Waals surface area contributed by atoms with E-state index in [4.69, 9.17) is 16.3 Å². The van der Waals surface area contributed by atoms with E-state index in [1.165, 1.54) is 0 Å². The van der Waals surface area contributed by atoms with Crippen LogP contribution in [0, 0.1) is 0 Å².